The van der Waals surface area contributed by atoms with Crippen LogP contribution in [0, 0.1) is 0 Å². The molecule has 1 aliphatic rings. The Morgan fingerprint density at radius 1 is 0.958 bits per heavy atom. The molecule has 136 valence electrons. The van der Waals surface area contributed by atoms with Crippen LogP contribution in [-0.2, 0) is 4.74 Å². The van der Waals surface area contributed by atoms with E-state index in [4.69, 9.17) is 14.5 Å². The van der Waals surface area contributed by atoms with Gasteiger partial charge in [0.1, 0.15) is 0 Å². The van der Waals surface area contributed by atoms with Crippen LogP contribution >= 0.6 is 0 Å². The van der Waals surface area contributed by atoms with E-state index in [2.05, 4.69) is 32.0 Å². The fourth-order valence-electron chi connectivity index (χ4n) is 3.41. The normalized spacial score (nSPS) is 15.3. The molecule has 0 amide bonds. The standard InChI is InChI=1S/C7H7N2O2.3C4H9.Sn/c1-2-9-7(3-8-1)11-6-4-10-5-6;3*1-3-4-2;/h2-3,6H,4-5H2;3*1,3-4H2,2H3;. The summed E-state index contributed by atoms with van der Waals surface area (Å²) in [4.78, 5) is 9.49. The van der Waals surface area contributed by atoms with E-state index < -0.39 is 18.4 Å². The predicted molar refractivity (Wildman–Crippen MR) is 102 cm³/mol. The molecule has 4 nitrogen and oxygen atoms in total. The number of hydrogen-bond donors (Lipinski definition) is 0. The van der Waals surface area contributed by atoms with Crippen LogP contribution in [0.15, 0.2) is 12.4 Å². The van der Waals surface area contributed by atoms with E-state index in [1.807, 2.05) is 6.20 Å². The van der Waals surface area contributed by atoms with Crippen LogP contribution in [0.3, 0.4) is 0 Å². The van der Waals surface area contributed by atoms with Gasteiger partial charge in [-0.05, 0) is 0 Å². The quantitative estimate of drug-likeness (QED) is 0.454. The van der Waals surface area contributed by atoms with E-state index in [0.29, 0.717) is 19.1 Å². The first kappa shape index (κ1) is 20.0. The van der Waals surface area contributed by atoms with Gasteiger partial charge in [0.15, 0.2) is 0 Å². The van der Waals surface area contributed by atoms with Crippen LogP contribution < -0.4 is 8.45 Å². The van der Waals surface area contributed by atoms with Crippen molar-refractivity contribution >= 4 is 22.1 Å². The number of nitrogens with zero attached hydrogens (tertiary/aromatic N) is 2. The first-order valence-corrected chi connectivity index (χ1v) is 17.3. The maximum absolute atomic E-state index is 5.79. The number of ether oxygens (including phenoxy) is 2. The molecular formula is C19H34N2O2Sn. The molecule has 1 aliphatic heterocycles. The molecule has 0 unspecified atom stereocenters. The van der Waals surface area contributed by atoms with Gasteiger partial charge in [-0.2, -0.15) is 0 Å². The minimum atomic E-state index is -2.43. The number of aromatic nitrogens is 2. The molecule has 1 aromatic rings. The van der Waals surface area contributed by atoms with Gasteiger partial charge in [-0.25, -0.2) is 0 Å². The molecule has 0 N–H and O–H groups in total. The average Bonchev–Trinajstić information content (AvgIpc) is 2.58. The maximum atomic E-state index is 5.79. The third-order valence-corrected chi connectivity index (χ3v) is 20.2. The monoisotopic (exact) mass is 442 g/mol. The van der Waals surface area contributed by atoms with Gasteiger partial charge < -0.3 is 0 Å². The molecule has 0 spiro atoms. The summed E-state index contributed by atoms with van der Waals surface area (Å²) >= 11 is -2.43. The third-order valence-electron chi connectivity index (χ3n) is 5.09. The topological polar surface area (TPSA) is 44.2 Å². The Kier molecular flexibility index (Phi) is 8.81. The zero-order valence-electron chi connectivity index (χ0n) is 15.7. The molecule has 0 aliphatic carbocycles. The second-order valence-electron chi connectivity index (χ2n) is 7.11. The number of unbranched alkanes of at least 4 members (excludes halogenated alkanes) is 3. The Balaban J connectivity index is 2.14. The summed E-state index contributed by atoms with van der Waals surface area (Å²) in [6.45, 7) is 8.27. The summed E-state index contributed by atoms with van der Waals surface area (Å²) in [6, 6.07) is 0. The van der Waals surface area contributed by atoms with Crippen LogP contribution in [-0.4, -0.2) is 47.7 Å². The van der Waals surface area contributed by atoms with E-state index >= 15 is 0 Å². The molecule has 0 radical (unpaired) electrons. The molecule has 1 aromatic heterocycles. The van der Waals surface area contributed by atoms with Crippen LogP contribution in [0.25, 0.3) is 0 Å². The Labute approximate surface area is 151 Å². The van der Waals surface area contributed by atoms with E-state index in [1.54, 1.807) is 0 Å². The Morgan fingerprint density at radius 2 is 1.54 bits per heavy atom. The molecule has 0 bridgehead atoms. The summed E-state index contributed by atoms with van der Waals surface area (Å²) in [7, 11) is 0. The summed E-state index contributed by atoms with van der Waals surface area (Å²) in [5.74, 6) is 0.661. The second kappa shape index (κ2) is 10.6. The zero-order chi connectivity index (χ0) is 17.3. The van der Waals surface area contributed by atoms with Gasteiger partial charge in [0.2, 0.25) is 0 Å². The van der Waals surface area contributed by atoms with Crippen molar-refractivity contribution in [2.75, 3.05) is 13.2 Å². The van der Waals surface area contributed by atoms with Crippen molar-refractivity contribution in [1.29, 1.82) is 0 Å². The van der Waals surface area contributed by atoms with Crippen molar-refractivity contribution < 1.29 is 9.47 Å². The van der Waals surface area contributed by atoms with Gasteiger partial charge >= 0.3 is 152 Å². The summed E-state index contributed by atoms with van der Waals surface area (Å²) in [5.41, 5.74) is 0. The Morgan fingerprint density at radius 3 is 1.92 bits per heavy atom. The van der Waals surface area contributed by atoms with Crippen molar-refractivity contribution in [2.45, 2.75) is 78.7 Å². The predicted octanol–water partition coefficient (Wildman–Crippen LogP) is 4.31. The first-order chi connectivity index (χ1) is 11.7. The fourth-order valence-corrected chi connectivity index (χ4v) is 18.5. The van der Waals surface area contributed by atoms with Crippen molar-refractivity contribution in [3.05, 3.63) is 12.4 Å². The molecule has 2 rings (SSSR count). The van der Waals surface area contributed by atoms with Crippen LogP contribution in [0.5, 0.6) is 5.88 Å². The molecule has 1 fully saturated rings. The molecule has 0 atom stereocenters. The van der Waals surface area contributed by atoms with Gasteiger partial charge in [0.25, 0.3) is 0 Å². The Hall–Kier alpha value is -0.361. The van der Waals surface area contributed by atoms with E-state index in [9.17, 15) is 0 Å². The van der Waals surface area contributed by atoms with Crippen molar-refractivity contribution in [3.8, 4) is 5.88 Å². The number of rotatable bonds is 12. The molecule has 5 heteroatoms. The molecule has 0 saturated carbocycles. The van der Waals surface area contributed by atoms with Gasteiger partial charge in [-0.1, -0.05) is 0 Å². The SMILES string of the molecule is CCC[CH2][Sn]([CH2]CCC)([CH2]CCC)[c]1cnc(OC2COC2)cn1. The first-order valence-electron chi connectivity index (χ1n) is 9.81. The van der Waals surface area contributed by atoms with Gasteiger partial charge in [0, 0.05) is 0 Å². The Bertz CT molecular complexity index is 441. The average molecular weight is 441 g/mol. The van der Waals surface area contributed by atoms with Gasteiger partial charge in [-0.3, -0.25) is 0 Å². The van der Waals surface area contributed by atoms with Crippen molar-refractivity contribution in [1.82, 2.24) is 9.97 Å². The summed E-state index contributed by atoms with van der Waals surface area (Å²) in [5, 5.41) is 0. The van der Waals surface area contributed by atoms with E-state index in [0.717, 1.165) is 0 Å². The van der Waals surface area contributed by atoms with E-state index in [-0.39, 0.29) is 6.10 Å². The molecule has 2 heterocycles. The molecule has 0 aromatic carbocycles. The summed E-state index contributed by atoms with van der Waals surface area (Å²) in [6.07, 6.45) is 12.0. The van der Waals surface area contributed by atoms with Crippen LogP contribution in [0.2, 0.25) is 13.3 Å². The van der Waals surface area contributed by atoms with Crippen molar-refractivity contribution in [2.24, 2.45) is 0 Å². The van der Waals surface area contributed by atoms with Crippen molar-refractivity contribution in [3.63, 3.8) is 0 Å². The molecular weight excluding hydrogens is 407 g/mol. The van der Waals surface area contributed by atoms with Crippen LogP contribution in [0.4, 0.5) is 0 Å². The molecule has 1 saturated heterocycles. The number of hydrogen-bond acceptors (Lipinski definition) is 4. The van der Waals surface area contributed by atoms with Crippen LogP contribution in [0.1, 0.15) is 59.3 Å². The molecule has 24 heavy (non-hydrogen) atoms. The summed E-state index contributed by atoms with van der Waals surface area (Å²) < 4.78 is 16.6. The van der Waals surface area contributed by atoms with Gasteiger partial charge in [0.05, 0.1) is 0 Å². The second-order valence-corrected chi connectivity index (χ2v) is 20.2. The third kappa shape index (κ3) is 5.58. The zero-order valence-corrected chi connectivity index (χ0v) is 18.6. The fraction of sp³-hybridized carbons (Fsp3) is 0.789. The van der Waals surface area contributed by atoms with Gasteiger partial charge in [-0.15, -0.1) is 0 Å². The van der Waals surface area contributed by atoms with E-state index in [1.165, 1.54) is 55.5 Å². The minimum absolute atomic E-state index is 0.165.